The molecule has 1 amide bonds. The average Bonchev–Trinajstić information content (AvgIpc) is 2.69. The minimum absolute atomic E-state index is 0.00278. The van der Waals surface area contributed by atoms with Gasteiger partial charge in [0, 0.05) is 18.7 Å². The standard InChI is InChI=1S/C21H23ClF2N2O4S/c1-12-10-26(11-13(2)30-12)31(28,29)20-9-16(4-6-17(20)22)21(27)25-14(3)15-5-7-18(23)19(24)8-15/h4-9,12-14H,10-11H2,1-3H3,(H,25,27). The summed E-state index contributed by atoms with van der Waals surface area (Å²) in [6.07, 6.45) is -0.554. The van der Waals surface area contributed by atoms with Crippen LogP contribution in [0, 0.1) is 11.6 Å². The Hall–Kier alpha value is -2.07. The molecule has 1 saturated heterocycles. The molecule has 1 heterocycles. The summed E-state index contributed by atoms with van der Waals surface area (Å²) in [6, 6.07) is 6.67. The van der Waals surface area contributed by atoms with E-state index in [1.807, 2.05) is 0 Å². The molecule has 0 radical (unpaired) electrons. The van der Waals surface area contributed by atoms with Gasteiger partial charge in [0.05, 0.1) is 23.3 Å². The largest absolute Gasteiger partial charge is 0.373 e. The van der Waals surface area contributed by atoms with Crippen LogP contribution in [0.4, 0.5) is 8.78 Å². The van der Waals surface area contributed by atoms with Gasteiger partial charge in [0.1, 0.15) is 4.90 Å². The second kappa shape index (κ2) is 9.20. The van der Waals surface area contributed by atoms with Crippen molar-refractivity contribution in [3.63, 3.8) is 0 Å². The predicted molar refractivity (Wildman–Crippen MR) is 112 cm³/mol. The van der Waals surface area contributed by atoms with E-state index in [1.165, 1.54) is 28.6 Å². The van der Waals surface area contributed by atoms with Crippen molar-refractivity contribution < 1.29 is 26.7 Å². The lowest BCUT2D eigenvalue weighted by molar-refractivity contribution is -0.0440. The molecule has 0 aromatic heterocycles. The third-order valence-electron chi connectivity index (χ3n) is 4.99. The third kappa shape index (κ3) is 5.23. The van der Waals surface area contributed by atoms with Gasteiger partial charge in [-0.15, -0.1) is 0 Å². The smallest absolute Gasteiger partial charge is 0.251 e. The molecule has 31 heavy (non-hydrogen) atoms. The van der Waals surface area contributed by atoms with E-state index < -0.39 is 33.6 Å². The maximum atomic E-state index is 13.5. The second-order valence-electron chi connectivity index (χ2n) is 7.59. The number of nitrogens with zero attached hydrogens (tertiary/aromatic N) is 1. The van der Waals surface area contributed by atoms with Gasteiger partial charge in [0.2, 0.25) is 10.0 Å². The molecule has 0 aliphatic carbocycles. The van der Waals surface area contributed by atoms with Crippen molar-refractivity contribution >= 4 is 27.5 Å². The van der Waals surface area contributed by atoms with Crippen molar-refractivity contribution in [2.75, 3.05) is 13.1 Å². The van der Waals surface area contributed by atoms with Crippen LogP contribution in [0.3, 0.4) is 0 Å². The molecule has 1 aliphatic rings. The lowest BCUT2D eigenvalue weighted by Gasteiger charge is -2.34. The van der Waals surface area contributed by atoms with Gasteiger partial charge in [-0.25, -0.2) is 17.2 Å². The molecule has 1 aliphatic heterocycles. The number of sulfonamides is 1. The fourth-order valence-corrected chi connectivity index (χ4v) is 5.54. The molecule has 2 aromatic carbocycles. The van der Waals surface area contributed by atoms with E-state index in [9.17, 15) is 22.0 Å². The van der Waals surface area contributed by atoms with Crippen molar-refractivity contribution in [1.29, 1.82) is 0 Å². The van der Waals surface area contributed by atoms with Crippen LogP contribution in [0.15, 0.2) is 41.3 Å². The quantitative estimate of drug-likeness (QED) is 0.716. The first kappa shape index (κ1) is 23.6. The van der Waals surface area contributed by atoms with Gasteiger partial charge in [-0.3, -0.25) is 4.79 Å². The van der Waals surface area contributed by atoms with Gasteiger partial charge in [0.25, 0.3) is 5.91 Å². The summed E-state index contributed by atoms with van der Waals surface area (Å²) >= 11 is 6.17. The number of amides is 1. The van der Waals surface area contributed by atoms with Crippen LogP contribution in [0.5, 0.6) is 0 Å². The van der Waals surface area contributed by atoms with E-state index in [0.29, 0.717) is 5.56 Å². The van der Waals surface area contributed by atoms with Crippen LogP contribution in [-0.2, 0) is 14.8 Å². The first-order chi connectivity index (χ1) is 14.5. The highest BCUT2D eigenvalue weighted by Crippen LogP contribution is 2.28. The minimum atomic E-state index is -3.96. The summed E-state index contributed by atoms with van der Waals surface area (Å²) in [5.74, 6) is -2.58. The maximum absolute atomic E-state index is 13.5. The van der Waals surface area contributed by atoms with Crippen LogP contribution in [0.25, 0.3) is 0 Å². The zero-order chi connectivity index (χ0) is 22.9. The molecule has 0 saturated carbocycles. The molecule has 2 aromatic rings. The Balaban J connectivity index is 1.84. The van der Waals surface area contributed by atoms with Crippen molar-refractivity contribution in [2.24, 2.45) is 0 Å². The Labute approximate surface area is 185 Å². The van der Waals surface area contributed by atoms with E-state index in [-0.39, 0.29) is 40.8 Å². The highest BCUT2D eigenvalue weighted by molar-refractivity contribution is 7.89. The molecular formula is C21H23ClF2N2O4S. The Kier molecular flexibility index (Phi) is 7.00. The topological polar surface area (TPSA) is 75.7 Å². The van der Waals surface area contributed by atoms with E-state index in [2.05, 4.69) is 5.32 Å². The SMILES string of the molecule is CC1CN(S(=O)(=O)c2cc(C(=O)NC(C)c3ccc(F)c(F)c3)ccc2Cl)CC(C)O1. The van der Waals surface area contributed by atoms with Crippen LogP contribution >= 0.6 is 11.6 Å². The molecule has 168 valence electrons. The van der Waals surface area contributed by atoms with Crippen LogP contribution < -0.4 is 5.32 Å². The number of hydrogen-bond acceptors (Lipinski definition) is 4. The summed E-state index contributed by atoms with van der Waals surface area (Å²) in [4.78, 5) is 12.5. The van der Waals surface area contributed by atoms with Gasteiger partial charge < -0.3 is 10.1 Å². The van der Waals surface area contributed by atoms with Gasteiger partial charge in [-0.05, 0) is 56.7 Å². The number of nitrogens with one attached hydrogen (secondary N) is 1. The molecule has 0 spiro atoms. The zero-order valence-corrected chi connectivity index (χ0v) is 18.8. The summed E-state index contributed by atoms with van der Waals surface area (Å²) in [7, 11) is -3.96. The van der Waals surface area contributed by atoms with Crippen molar-refractivity contribution in [3.8, 4) is 0 Å². The summed E-state index contributed by atoms with van der Waals surface area (Å²) in [5.41, 5.74) is 0.442. The highest BCUT2D eigenvalue weighted by atomic mass is 35.5. The Morgan fingerprint density at radius 1 is 1.13 bits per heavy atom. The Morgan fingerprint density at radius 2 is 1.77 bits per heavy atom. The van der Waals surface area contributed by atoms with Crippen molar-refractivity contribution in [3.05, 3.63) is 64.2 Å². The number of hydrogen-bond donors (Lipinski definition) is 1. The summed E-state index contributed by atoms with van der Waals surface area (Å²) < 4.78 is 59.8. The van der Waals surface area contributed by atoms with Crippen LogP contribution in [0.2, 0.25) is 5.02 Å². The van der Waals surface area contributed by atoms with Gasteiger partial charge >= 0.3 is 0 Å². The number of morpholine rings is 1. The molecular weight excluding hydrogens is 450 g/mol. The van der Waals surface area contributed by atoms with Crippen molar-refractivity contribution in [2.45, 2.75) is 43.9 Å². The number of benzene rings is 2. The Morgan fingerprint density at radius 3 is 2.39 bits per heavy atom. The zero-order valence-electron chi connectivity index (χ0n) is 17.2. The fourth-order valence-electron chi connectivity index (χ4n) is 3.45. The van der Waals surface area contributed by atoms with E-state index in [4.69, 9.17) is 16.3 Å². The van der Waals surface area contributed by atoms with E-state index in [1.54, 1.807) is 20.8 Å². The molecule has 6 nitrogen and oxygen atoms in total. The number of halogens is 3. The van der Waals surface area contributed by atoms with E-state index in [0.717, 1.165) is 12.1 Å². The lowest BCUT2D eigenvalue weighted by Crippen LogP contribution is -2.48. The molecule has 3 rings (SSSR count). The number of ether oxygens (including phenoxy) is 1. The Bertz CT molecular complexity index is 1090. The molecule has 0 bridgehead atoms. The molecule has 1 fully saturated rings. The first-order valence-corrected chi connectivity index (χ1v) is 11.5. The van der Waals surface area contributed by atoms with Crippen LogP contribution in [0.1, 0.15) is 42.7 Å². The highest BCUT2D eigenvalue weighted by Gasteiger charge is 2.34. The molecule has 1 N–H and O–H groups in total. The minimum Gasteiger partial charge on any atom is -0.373 e. The maximum Gasteiger partial charge on any atom is 0.251 e. The number of rotatable bonds is 5. The monoisotopic (exact) mass is 472 g/mol. The molecule has 3 unspecified atom stereocenters. The predicted octanol–water partition coefficient (Wildman–Crippen LogP) is 3.91. The third-order valence-corrected chi connectivity index (χ3v) is 7.30. The number of carbonyl (C=O) groups excluding carboxylic acids is 1. The normalized spacial score (nSPS) is 21.0. The average molecular weight is 473 g/mol. The molecule has 10 heteroatoms. The second-order valence-corrected chi connectivity index (χ2v) is 9.91. The van der Waals surface area contributed by atoms with E-state index >= 15 is 0 Å². The first-order valence-electron chi connectivity index (χ1n) is 9.70. The van der Waals surface area contributed by atoms with Crippen molar-refractivity contribution in [1.82, 2.24) is 9.62 Å². The summed E-state index contributed by atoms with van der Waals surface area (Å²) in [6.45, 7) is 5.51. The van der Waals surface area contributed by atoms with Gasteiger partial charge in [0.15, 0.2) is 11.6 Å². The summed E-state index contributed by atoms with van der Waals surface area (Å²) in [5, 5.41) is 2.65. The van der Waals surface area contributed by atoms with Crippen LogP contribution in [-0.4, -0.2) is 43.9 Å². The fraction of sp³-hybridized carbons (Fsp3) is 0.381. The number of carbonyl (C=O) groups is 1. The lowest BCUT2D eigenvalue weighted by atomic mass is 10.1. The molecule has 3 atom stereocenters. The van der Waals surface area contributed by atoms with Gasteiger partial charge in [-0.2, -0.15) is 4.31 Å². The van der Waals surface area contributed by atoms with Gasteiger partial charge in [-0.1, -0.05) is 17.7 Å².